The fourth-order valence-electron chi connectivity index (χ4n) is 2.54. The van der Waals surface area contributed by atoms with Crippen molar-refractivity contribution in [3.05, 3.63) is 65.3 Å². The minimum Gasteiger partial charge on any atom is -0.507 e. The second-order valence-electron chi connectivity index (χ2n) is 5.32. The predicted molar refractivity (Wildman–Crippen MR) is 94.2 cm³/mol. The van der Waals surface area contributed by atoms with Crippen LogP contribution in [0.15, 0.2) is 54.7 Å². The van der Waals surface area contributed by atoms with Crippen molar-refractivity contribution < 1.29 is 9.90 Å². The van der Waals surface area contributed by atoms with Gasteiger partial charge in [0.2, 0.25) is 0 Å². The Morgan fingerprint density at radius 3 is 2.88 bits per heavy atom. The Balaban J connectivity index is 1.56. The van der Waals surface area contributed by atoms with Crippen molar-refractivity contribution in [2.45, 2.75) is 6.54 Å². The lowest BCUT2D eigenvalue weighted by Gasteiger charge is -2.07. The molecule has 2 heterocycles. The number of aromatic nitrogens is 2. The first kappa shape index (κ1) is 14.6. The Hall–Kier alpha value is -2.99. The van der Waals surface area contributed by atoms with Crippen LogP contribution in [0.3, 0.4) is 0 Å². The maximum absolute atomic E-state index is 12.4. The van der Waals surface area contributed by atoms with Gasteiger partial charge in [0.15, 0.2) is 0 Å². The van der Waals surface area contributed by atoms with E-state index in [4.69, 9.17) is 0 Å². The van der Waals surface area contributed by atoms with Crippen LogP contribution in [-0.4, -0.2) is 21.0 Å². The zero-order valence-electron chi connectivity index (χ0n) is 12.6. The Kier molecular flexibility index (Phi) is 3.59. The van der Waals surface area contributed by atoms with E-state index in [9.17, 15) is 9.90 Å². The normalized spacial score (nSPS) is 11.0. The first-order valence-corrected chi connectivity index (χ1v) is 8.23. The Morgan fingerprint density at radius 1 is 1.12 bits per heavy atom. The van der Waals surface area contributed by atoms with Crippen molar-refractivity contribution in [1.82, 2.24) is 15.3 Å². The number of thiazole rings is 1. The SMILES string of the molecule is O=C(NCc1nc2ccccc2s1)c1cc2ncccc2cc1O. The molecule has 0 bridgehead atoms. The van der Waals surface area contributed by atoms with Gasteiger partial charge in [-0.15, -0.1) is 11.3 Å². The van der Waals surface area contributed by atoms with Crippen molar-refractivity contribution in [2.75, 3.05) is 0 Å². The van der Waals surface area contributed by atoms with Gasteiger partial charge in [-0.25, -0.2) is 4.98 Å². The average molecular weight is 335 g/mol. The number of carbonyl (C=O) groups is 1. The first-order valence-electron chi connectivity index (χ1n) is 7.41. The number of phenols is 1. The van der Waals surface area contributed by atoms with E-state index in [2.05, 4.69) is 15.3 Å². The molecule has 1 amide bonds. The summed E-state index contributed by atoms with van der Waals surface area (Å²) in [6.45, 7) is 0.317. The van der Waals surface area contributed by atoms with Gasteiger partial charge in [0, 0.05) is 11.6 Å². The first-order chi connectivity index (χ1) is 11.7. The van der Waals surface area contributed by atoms with E-state index in [1.165, 1.54) is 0 Å². The molecule has 2 aromatic heterocycles. The second-order valence-corrected chi connectivity index (χ2v) is 6.44. The maximum atomic E-state index is 12.4. The number of benzene rings is 2. The molecule has 2 aromatic carbocycles. The third kappa shape index (κ3) is 2.68. The molecular weight excluding hydrogens is 322 g/mol. The van der Waals surface area contributed by atoms with Crippen LogP contribution < -0.4 is 5.32 Å². The summed E-state index contributed by atoms with van der Waals surface area (Å²) in [5, 5.41) is 14.5. The fraction of sp³-hybridized carbons (Fsp3) is 0.0556. The van der Waals surface area contributed by atoms with E-state index in [1.54, 1.807) is 35.7 Å². The molecule has 0 saturated heterocycles. The summed E-state index contributed by atoms with van der Waals surface area (Å²) in [6.07, 6.45) is 1.65. The summed E-state index contributed by atoms with van der Waals surface area (Å²) >= 11 is 1.54. The van der Waals surface area contributed by atoms with Crippen LogP contribution in [0.25, 0.3) is 21.1 Å². The number of hydrogen-bond acceptors (Lipinski definition) is 5. The molecule has 0 fully saturated rings. The molecule has 0 aliphatic heterocycles. The van der Waals surface area contributed by atoms with Crippen molar-refractivity contribution in [3.63, 3.8) is 0 Å². The van der Waals surface area contributed by atoms with Gasteiger partial charge in [-0.1, -0.05) is 18.2 Å². The van der Waals surface area contributed by atoms with Gasteiger partial charge in [0.25, 0.3) is 5.91 Å². The van der Waals surface area contributed by atoms with Gasteiger partial charge in [-0.05, 0) is 30.3 Å². The topological polar surface area (TPSA) is 75.1 Å². The highest BCUT2D eigenvalue weighted by molar-refractivity contribution is 7.18. The molecule has 0 radical (unpaired) electrons. The molecule has 0 aliphatic carbocycles. The molecule has 0 saturated carbocycles. The summed E-state index contributed by atoms with van der Waals surface area (Å²) < 4.78 is 1.08. The van der Waals surface area contributed by atoms with Gasteiger partial charge in [0.1, 0.15) is 10.8 Å². The van der Waals surface area contributed by atoms with Crippen LogP contribution in [0.5, 0.6) is 5.75 Å². The molecule has 2 N–H and O–H groups in total. The van der Waals surface area contributed by atoms with Crippen molar-refractivity contribution >= 4 is 38.4 Å². The largest absolute Gasteiger partial charge is 0.507 e. The minimum absolute atomic E-state index is 0.0581. The number of para-hydroxylation sites is 1. The summed E-state index contributed by atoms with van der Waals surface area (Å²) in [4.78, 5) is 21.1. The number of amides is 1. The van der Waals surface area contributed by atoms with Crippen LogP contribution >= 0.6 is 11.3 Å². The number of aromatic hydroxyl groups is 1. The Labute approximate surface area is 141 Å². The van der Waals surface area contributed by atoms with Crippen molar-refractivity contribution in [2.24, 2.45) is 0 Å². The fourth-order valence-corrected chi connectivity index (χ4v) is 3.44. The van der Waals surface area contributed by atoms with Gasteiger partial charge in [-0.3, -0.25) is 9.78 Å². The number of fused-ring (bicyclic) bond motifs is 2. The minimum atomic E-state index is -0.348. The number of carbonyl (C=O) groups excluding carboxylic acids is 1. The molecule has 5 nitrogen and oxygen atoms in total. The number of rotatable bonds is 3. The number of hydrogen-bond donors (Lipinski definition) is 2. The molecule has 118 valence electrons. The lowest BCUT2D eigenvalue weighted by Crippen LogP contribution is -2.22. The maximum Gasteiger partial charge on any atom is 0.255 e. The standard InChI is InChI=1S/C18H13N3O2S/c22-15-8-11-4-3-7-19-14(11)9-12(15)18(23)20-10-17-21-13-5-1-2-6-16(13)24-17/h1-9,22H,10H2,(H,20,23). The molecule has 0 spiro atoms. The third-order valence-corrected chi connectivity index (χ3v) is 4.74. The van der Waals surface area contributed by atoms with Crippen LogP contribution in [0.2, 0.25) is 0 Å². The highest BCUT2D eigenvalue weighted by Crippen LogP contribution is 2.24. The van der Waals surface area contributed by atoms with E-state index in [0.29, 0.717) is 12.1 Å². The van der Waals surface area contributed by atoms with E-state index in [0.717, 1.165) is 20.6 Å². The van der Waals surface area contributed by atoms with E-state index in [-0.39, 0.29) is 17.2 Å². The number of nitrogens with one attached hydrogen (secondary N) is 1. The summed E-state index contributed by atoms with van der Waals surface area (Å²) in [6, 6.07) is 14.6. The highest BCUT2D eigenvalue weighted by atomic mass is 32.1. The van der Waals surface area contributed by atoms with Gasteiger partial charge in [-0.2, -0.15) is 0 Å². The summed E-state index contributed by atoms with van der Waals surface area (Å²) in [5.74, 6) is -0.406. The lowest BCUT2D eigenvalue weighted by molar-refractivity contribution is 0.0948. The molecule has 4 rings (SSSR count). The lowest BCUT2D eigenvalue weighted by atomic mass is 10.1. The van der Waals surface area contributed by atoms with Crippen LogP contribution in [-0.2, 0) is 6.54 Å². The third-order valence-electron chi connectivity index (χ3n) is 3.70. The van der Waals surface area contributed by atoms with E-state index >= 15 is 0 Å². The monoisotopic (exact) mass is 335 g/mol. The molecular formula is C18H13N3O2S. The Morgan fingerprint density at radius 2 is 2.00 bits per heavy atom. The molecule has 4 aromatic rings. The van der Waals surface area contributed by atoms with Crippen molar-refractivity contribution in [3.8, 4) is 5.75 Å². The van der Waals surface area contributed by atoms with Gasteiger partial charge in [0.05, 0.1) is 27.8 Å². The van der Waals surface area contributed by atoms with E-state index < -0.39 is 0 Å². The quantitative estimate of drug-likeness (QED) is 0.601. The Bertz CT molecular complexity index is 1030. The predicted octanol–water partition coefficient (Wildman–Crippen LogP) is 3.48. The smallest absolute Gasteiger partial charge is 0.255 e. The van der Waals surface area contributed by atoms with Gasteiger partial charge < -0.3 is 10.4 Å². The van der Waals surface area contributed by atoms with E-state index in [1.807, 2.05) is 30.3 Å². The molecule has 0 unspecified atom stereocenters. The number of pyridine rings is 1. The highest BCUT2D eigenvalue weighted by Gasteiger charge is 2.13. The number of nitrogens with zero attached hydrogens (tertiary/aromatic N) is 2. The van der Waals surface area contributed by atoms with Crippen LogP contribution in [0, 0.1) is 0 Å². The molecule has 24 heavy (non-hydrogen) atoms. The van der Waals surface area contributed by atoms with Crippen LogP contribution in [0.1, 0.15) is 15.4 Å². The van der Waals surface area contributed by atoms with Crippen LogP contribution in [0.4, 0.5) is 0 Å². The molecule has 0 atom stereocenters. The second kappa shape index (κ2) is 5.90. The zero-order chi connectivity index (χ0) is 16.5. The molecule has 0 aliphatic rings. The average Bonchev–Trinajstić information content (AvgIpc) is 3.02. The summed E-state index contributed by atoms with van der Waals surface area (Å²) in [7, 11) is 0. The number of phenolic OH excluding ortho intramolecular Hbond substituents is 1. The summed E-state index contributed by atoms with van der Waals surface area (Å²) in [5.41, 5.74) is 1.80. The molecule has 6 heteroatoms. The zero-order valence-corrected chi connectivity index (χ0v) is 13.4. The van der Waals surface area contributed by atoms with Gasteiger partial charge >= 0.3 is 0 Å². The van der Waals surface area contributed by atoms with Crippen molar-refractivity contribution in [1.29, 1.82) is 0 Å².